The zero-order chi connectivity index (χ0) is 25.9. The third-order valence-corrected chi connectivity index (χ3v) is 8.43. The number of rotatable bonds is 12. The topological polar surface area (TPSA) is 0 Å². The van der Waals surface area contributed by atoms with Gasteiger partial charge in [-0.1, -0.05) is 105 Å². The predicted molar refractivity (Wildman–Crippen MR) is 160 cm³/mol. The van der Waals surface area contributed by atoms with E-state index in [-0.39, 0.29) is 0 Å². The first-order valence-electron chi connectivity index (χ1n) is 14.5. The van der Waals surface area contributed by atoms with Crippen molar-refractivity contribution in [3.63, 3.8) is 0 Å². The van der Waals surface area contributed by atoms with Crippen molar-refractivity contribution in [1.29, 1.82) is 0 Å². The maximum Gasteiger partial charge on any atom is 0.0242 e. The van der Waals surface area contributed by atoms with E-state index in [2.05, 4.69) is 91.7 Å². The molecule has 0 nitrogen and oxygen atoms in total. The first-order chi connectivity index (χ1) is 18.2. The third-order valence-electron chi connectivity index (χ3n) is 8.43. The minimum Gasteiger partial charge on any atom is -0.115 e. The summed E-state index contributed by atoms with van der Waals surface area (Å²) in [5.74, 6) is 4.65. The van der Waals surface area contributed by atoms with E-state index in [4.69, 9.17) is 13.0 Å². The largest absolute Gasteiger partial charge is 0.115 e. The zero-order valence-corrected chi connectivity index (χ0v) is 22.8. The van der Waals surface area contributed by atoms with Crippen LogP contribution >= 0.6 is 0 Å². The highest BCUT2D eigenvalue weighted by Gasteiger charge is 2.30. The van der Waals surface area contributed by atoms with Gasteiger partial charge >= 0.3 is 0 Å². The molecule has 0 heterocycles. The van der Waals surface area contributed by atoms with Gasteiger partial charge in [0.15, 0.2) is 0 Å². The molecule has 0 aromatic heterocycles. The molecule has 37 heavy (non-hydrogen) atoms. The highest BCUT2D eigenvalue weighted by Crippen LogP contribution is 2.43. The summed E-state index contributed by atoms with van der Waals surface area (Å²) in [6.45, 7) is 6.97. The van der Waals surface area contributed by atoms with E-state index in [9.17, 15) is 0 Å². The first kappa shape index (κ1) is 27.0. The molecule has 4 rings (SSSR count). The van der Waals surface area contributed by atoms with Gasteiger partial charge in [-0.3, -0.25) is 0 Å². The molecule has 0 heteroatoms. The second kappa shape index (κ2) is 14.0. The SMILES string of the molecule is C#Cc1ccc(CC2CCC(C(C(=C)CCc3ccccc3)c3ccc(CCCCC)cc3)CC2)cc1. The Morgan fingerprint density at radius 1 is 0.811 bits per heavy atom. The van der Waals surface area contributed by atoms with E-state index in [1.807, 2.05) is 0 Å². The molecule has 0 aliphatic heterocycles. The normalized spacial score (nSPS) is 18.2. The fourth-order valence-electron chi connectivity index (χ4n) is 6.21. The summed E-state index contributed by atoms with van der Waals surface area (Å²) in [7, 11) is 0. The van der Waals surface area contributed by atoms with E-state index in [0.29, 0.717) is 11.8 Å². The van der Waals surface area contributed by atoms with Gasteiger partial charge in [0, 0.05) is 11.5 Å². The Morgan fingerprint density at radius 3 is 2.11 bits per heavy atom. The lowest BCUT2D eigenvalue weighted by Gasteiger charge is -2.35. The van der Waals surface area contributed by atoms with Crippen LogP contribution in [0.15, 0.2) is 91.0 Å². The van der Waals surface area contributed by atoms with Gasteiger partial charge < -0.3 is 0 Å². The molecule has 1 unspecified atom stereocenters. The monoisotopic (exact) mass is 488 g/mol. The molecule has 1 atom stereocenters. The molecule has 0 spiro atoms. The van der Waals surface area contributed by atoms with Crippen LogP contribution in [-0.2, 0) is 19.3 Å². The van der Waals surface area contributed by atoms with Crippen molar-refractivity contribution in [3.8, 4) is 12.3 Å². The van der Waals surface area contributed by atoms with Crippen molar-refractivity contribution in [3.05, 3.63) is 119 Å². The van der Waals surface area contributed by atoms with Crippen molar-refractivity contribution < 1.29 is 0 Å². The minimum atomic E-state index is 0.462. The number of hydrogen-bond acceptors (Lipinski definition) is 0. The van der Waals surface area contributed by atoms with Gasteiger partial charge in [0.05, 0.1) is 0 Å². The Balaban J connectivity index is 1.42. The molecule has 0 bridgehead atoms. The van der Waals surface area contributed by atoms with Gasteiger partial charge in [0.2, 0.25) is 0 Å². The van der Waals surface area contributed by atoms with Crippen molar-refractivity contribution in [2.75, 3.05) is 0 Å². The Hall–Kier alpha value is -3.04. The molecule has 1 aliphatic carbocycles. The summed E-state index contributed by atoms with van der Waals surface area (Å²) in [4.78, 5) is 0. The number of aryl methyl sites for hydroxylation is 2. The van der Waals surface area contributed by atoms with Crippen LogP contribution in [0.5, 0.6) is 0 Å². The lowest BCUT2D eigenvalue weighted by Crippen LogP contribution is -2.23. The Bertz CT molecular complexity index is 1120. The van der Waals surface area contributed by atoms with Gasteiger partial charge in [-0.2, -0.15) is 0 Å². The highest BCUT2D eigenvalue weighted by molar-refractivity contribution is 5.35. The molecule has 0 amide bonds. The summed E-state index contributed by atoms with van der Waals surface area (Å²) in [5, 5.41) is 0. The van der Waals surface area contributed by atoms with Crippen LogP contribution in [0.25, 0.3) is 0 Å². The second-order valence-electron chi connectivity index (χ2n) is 11.1. The van der Waals surface area contributed by atoms with E-state index in [1.165, 1.54) is 85.6 Å². The summed E-state index contributed by atoms with van der Waals surface area (Å²) in [6, 6.07) is 29.1. The quantitative estimate of drug-likeness (QED) is 0.135. The lowest BCUT2D eigenvalue weighted by molar-refractivity contribution is 0.252. The molecule has 0 saturated heterocycles. The summed E-state index contributed by atoms with van der Waals surface area (Å²) in [5.41, 5.74) is 8.17. The van der Waals surface area contributed by atoms with Crippen LogP contribution in [0, 0.1) is 24.2 Å². The number of allylic oxidation sites excluding steroid dienone is 1. The van der Waals surface area contributed by atoms with Gasteiger partial charge in [0.25, 0.3) is 0 Å². The molecule has 1 fully saturated rings. The second-order valence-corrected chi connectivity index (χ2v) is 11.1. The molecular formula is C37H44. The molecule has 1 saturated carbocycles. The summed E-state index contributed by atoms with van der Waals surface area (Å²) >= 11 is 0. The van der Waals surface area contributed by atoms with Gasteiger partial charge in [0.1, 0.15) is 0 Å². The van der Waals surface area contributed by atoms with Crippen LogP contribution in [0.3, 0.4) is 0 Å². The minimum absolute atomic E-state index is 0.462. The van der Waals surface area contributed by atoms with Gasteiger partial charge in [-0.15, -0.1) is 6.42 Å². The van der Waals surface area contributed by atoms with Crippen LogP contribution in [0.1, 0.15) is 92.0 Å². The molecule has 3 aromatic carbocycles. The third kappa shape index (κ3) is 7.97. The average Bonchev–Trinajstić information content (AvgIpc) is 2.95. The Morgan fingerprint density at radius 2 is 1.46 bits per heavy atom. The van der Waals surface area contributed by atoms with Crippen LogP contribution in [0.2, 0.25) is 0 Å². The summed E-state index contributed by atoms with van der Waals surface area (Å²) < 4.78 is 0. The molecule has 192 valence electrons. The number of benzene rings is 3. The fraction of sp³-hybridized carbons (Fsp3) is 0.405. The smallest absolute Gasteiger partial charge is 0.0242 e. The number of hydrogen-bond donors (Lipinski definition) is 0. The van der Waals surface area contributed by atoms with Crippen molar-refractivity contribution >= 4 is 0 Å². The molecule has 0 N–H and O–H groups in total. The van der Waals surface area contributed by atoms with Crippen LogP contribution < -0.4 is 0 Å². The highest BCUT2D eigenvalue weighted by atomic mass is 14.3. The molecule has 3 aromatic rings. The van der Waals surface area contributed by atoms with Crippen molar-refractivity contribution in [2.45, 2.75) is 83.5 Å². The predicted octanol–water partition coefficient (Wildman–Crippen LogP) is 9.72. The van der Waals surface area contributed by atoms with E-state index >= 15 is 0 Å². The fourth-order valence-corrected chi connectivity index (χ4v) is 6.21. The lowest BCUT2D eigenvalue weighted by atomic mass is 9.69. The van der Waals surface area contributed by atoms with Gasteiger partial charge in [-0.05, 0) is 104 Å². The standard InChI is InChI=1S/C37H44/c1-4-6-8-11-32-20-24-35(25-21-32)37(29(3)14-15-31-12-9-7-10-13-31)36-26-22-34(23-27-36)28-33-18-16-30(5-2)17-19-33/h2,7,9-10,12-13,16-21,24-25,34,36-37H,3-4,6,8,11,14-15,22-23,26-28H2,1H3. The Kier molecular flexibility index (Phi) is 10.3. The first-order valence-corrected chi connectivity index (χ1v) is 14.5. The maximum absolute atomic E-state index is 5.53. The van der Waals surface area contributed by atoms with E-state index in [0.717, 1.165) is 24.3 Å². The Labute approximate surface area is 226 Å². The van der Waals surface area contributed by atoms with Crippen molar-refractivity contribution in [2.24, 2.45) is 11.8 Å². The van der Waals surface area contributed by atoms with Crippen LogP contribution in [0.4, 0.5) is 0 Å². The molecular weight excluding hydrogens is 444 g/mol. The molecule has 1 aliphatic rings. The van der Waals surface area contributed by atoms with Crippen LogP contribution in [-0.4, -0.2) is 0 Å². The van der Waals surface area contributed by atoms with E-state index in [1.54, 1.807) is 0 Å². The number of unbranched alkanes of at least 4 members (excludes halogenated alkanes) is 2. The zero-order valence-electron chi connectivity index (χ0n) is 22.8. The average molecular weight is 489 g/mol. The number of terminal acetylenes is 1. The molecule has 0 radical (unpaired) electrons. The van der Waals surface area contributed by atoms with Crippen molar-refractivity contribution in [1.82, 2.24) is 0 Å². The van der Waals surface area contributed by atoms with Gasteiger partial charge in [-0.25, -0.2) is 0 Å². The summed E-state index contributed by atoms with van der Waals surface area (Å²) in [6.07, 6.45) is 19.1. The maximum atomic E-state index is 5.53. The van der Waals surface area contributed by atoms with E-state index < -0.39 is 0 Å².